The fraction of sp³-hybridized carbons (Fsp3) is 0.385. The Kier molecular flexibility index (Phi) is 3.47. The normalized spacial score (nSPS) is 12.9. The van der Waals surface area contributed by atoms with E-state index in [0.717, 1.165) is 30.0 Å². The van der Waals surface area contributed by atoms with Crippen molar-refractivity contribution in [3.05, 3.63) is 47.8 Å². The molecule has 0 saturated heterocycles. The molecule has 1 N–H and O–H groups in total. The summed E-state index contributed by atoms with van der Waals surface area (Å²) in [6, 6.07) is 6.05. The SMILES string of the molecule is CCCNC(c1ccoc1)c1ccc(C)o1. The highest BCUT2D eigenvalue weighted by atomic mass is 16.3. The molecular weight excluding hydrogens is 202 g/mol. The van der Waals surface area contributed by atoms with Gasteiger partial charge in [0.1, 0.15) is 11.5 Å². The molecule has 0 amide bonds. The standard InChI is InChI=1S/C13H17NO2/c1-3-7-14-13(11-6-8-15-9-11)12-5-4-10(2)16-12/h4-6,8-9,13-14H,3,7H2,1-2H3. The molecule has 0 saturated carbocycles. The molecule has 86 valence electrons. The topological polar surface area (TPSA) is 38.3 Å². The summed E-state index contributed by atoms with van der Waals surface area (Å²) in [5.74, 6) is 1.87. The molecule has 16 heavy (non-hydrogen) atoms. The van der Waals surface area contributed by atoms with Crippen LogP contribution >= 0.6 is 0 Å². The first-order chi connectivity index (χ1) is 7.81. The monoisotopic (exact) mass is 219 g/mol. The lowest BCUT2D eigenvalue weighted by Crippen LogP contribution is -2.22. The number of hydrogen-bond donors (Lipinski definition) is 1. The van der Waals surface area contributed by atoms with Crippen molar-refractivity contribution in [1.82, 2.24) is 5.32 Å². The van der Waals surface area contributed by atoms with Gasteiger partial charge in [-0.1, -0.05) is 6.92 Å². The molecule has 0 spiro atoms. The van der Waals surface area contributed by atoms with Crippen LogP contribution in [0.5, 0.6) is 0 Å². The molecule has 2 rings (SSSR count). The van der Waals surface area contributed by atoms with Gasteiger partial charge in [-0.2, -0.15) is 0 Å². The molecule has 0 aliphatic heterocycles. The first-order valence-corrected chi connectivity index (χ1v) is 5.63. The fourth-order valence-electron chi connectivity index (χ4n) is 1.72. The van der Waals surface area contributed by atoms with Crippen molar-refractivity contribution in [1.29, 1.82) is 0 Å². The van der Waals surface area contributed by atoms with E-state index in [-0.39, 0.29) is 6.04 Å². The Morgan fingerprint density at radius 3 is 2.75 bits per heavy atom. The van der Waals surface area contributed by atoms with Crippen LogP contribution in [0, 0.1) is 6.92 Å². The summed E-state index contributed by atoms with van der Waals surface area (Å²) in [4.78, 5) is 0. The van der Waals surface area contributed by atoms with Gasteiger partial charge in [-0.25, -0.2) is 0 Å². The van der Waals surface area contributed by atoms with E-state index in [1.165, 1.54) is 0 Å². The quantitative estimate of drug-likeness (QED) is 0.838. The van der Waals surface area contributed by atoms with Gasteiger partial charge in [-0.05, 0) is 38.1 Å². The van der Waals surface area contributed by atoms with Crippen LogP contribution in [-0.4, -0.2) is 6.54 Å². The minimum absolute atomic E-state index is 0.0902. The molecule has 0 aromatic carbocycles. The smallest absolute Gasteiger partial charge is 0.125 e. The molecule has 0 radical (unpaired) electrons. The Bertz CT molecular complexity index is 417. The Morgan fingerprint density at radius 2 is 2.19 bits per heavy atom. The Morgan fingerprint density at radius 1 is 1.31 bits per heavy atom. The van der Waals surface area contributed by atoms with Crippen LogP contribution < -0.4 is 5.32 Å². The highest BCUT2D eigenvalue weighted by molar-refractivity contribution is 5.23. The largest absolute Gasteiger partial charge is 0.472 e. The first-order valence-electron chi connectivity index (χ1n) is 5.63. The highest BCUT2D eigenvalue weighted by Gasteiger charge is 2.17. The van der Waals surface area contributed by atoms with Gasteiger partial charge in [0.05, 0.1) is 18.6 Å². The summed E-state index contributed by atoms with van der Waals surface area (Å²) >= 11 is 0. The average Bonchev–Trinajstić information content (AvgIpc) is 2.91. The number of nitrogens with one attached hydrogen (secondary N) is 1. The van der Waals surface area contributed by atoms with Crippen LogP contribution in [0.15, 0.2) is 39.6 Å². The van der Waals surface area contributed by atoms with Crippen molar-refractivity contribution in [3.63, 3.8) is 0 Å². The summed E-state index contributed by atoms with van der Waals surface area (Å²) < 4.78 is 10.8. The molecule has 2 aromatic rings. The number of hydrogen-bond acceptors (Lipinski definition) is 3. The molecule has 3 heteroatoms. The highest BCUT2D eigenvalue weighted by Crippen LogP contribution is 2.24. The molecule has 2 heterocycles. The maximum Gasteiger partial charge on any atom is 0.125 e. The van der Waals surface area contributed by atoms with Crippen molar-refractivity contribution < 1.29 is 8.83 Å². The van der Waals surface area contributed by atoms with E-state index >= 15 is 0 Å². The lowest BCUT2D eigenvalue weighted by Gasteiger charge is -2.14. The maximum atomic E-state index is 5.66. The molecule has 0 bridgehead atoms. The summed E-state index contributed by atoms with van der Waals surface area (Å²) in [5, 5.41) is 3.45. The third-order valence-electron chi connectivity index (χ3n) is 2.52. The zero-order valence-corrected chi connectivity index (χ0v) is 9.69. The Hall–Kier alpha value is -1.48. The number of rotatable bonds is 5. The van der Waals surface area contributed by atoms with E-state index < -0.39 is 0 Å². The molecule has 0 fully saturated rings. The van der Waals surface area contributed by atoms with E-state index in [1.54, 1.807) is 12.5 Å². The number of furan rings is 2. The van der Waals surface area contributed by atoms with E-state index in [1.807, 2.05) is 25.1 Å². The van der Waals surface area contributed by atoms with Crippen molar-refractivity contribution >= 4 is 0 Å². The van der Waals surface area contributed by atoms with Crippen LogP contribution in [0.1, 0.15) is 36.5 Å². The van der Waals surface area contributed by atoms with Gasteiger partial charge >= 0.3 is 0 Å². The molecule has 1 unspecified atom stereocenters. The first kappa shape index (κ1) is 11.0. The summed E-state index contributed by atoms with van der Waals surface area (Å²) in [5.41, 5.74) is 1.10. The van der Waals surface area contributed by atoms with Gasteiger partial charge in [0.25, 0.3) is 0 Å². The Balaban J connectivity index is 2.21. The molecule has 1 atom stereocenters. The minimum atomic E-state index is 0.0902. The lowest BCUT2D eigenvalue weighted by atomic mass is 10.1. The van der Waals surface area contributed by atoms with Crippen molar-refractivity contribution in [2.24, 2.45) is 0 Å². The van der Waals surface area contributed by atoms with Gasteiger partial charge < -0.3 is 14.2 Å². The van der Waals surface area contributed by atoms with Crippen LogP contribution in [0.4, 0.5) is 0 Å². The second-order valence-corrected chi connectivity index (χ2v) is 3.89. The van der Waals surface area contributed by atoms with Gasteiger partial charge in [0.2, 0.25) is 0 Å². The van der Waals surface area contributed by atoms with E-state index in [0.29, 0.717) is 0 Å². The van der Waals surface area contributed by atoms with Crippen molar-refractivity contribution in [2.75, 3.05) is 6.54 Å². The third-order valence-corrected chi connectivity index (χ3v) is 2.52. The fourth-order valence-corrected chi connectivity index (χ4v) is 1.72. The minimum Gasteiger partial charge on any atom is -0.472 e. The van der Waals surface area contributed by atoms with Gasteiger partial charge in [-0.3, -0.25) is 0 Å². The zero-order valence-electron chi connectivity index (χ0n) is 9.69. The average molecular weight is 219 g/mol. The molecule has 0 aliphatic carbocycles. The number of aryl methyl sites for hydroxylation is 1. The predicted molar refractivity (Wildman–Crippen MR) is 62.3 cm³/mol. The van der Waals surface area contributed by atoms with Crippen LogP contribution in [0.25, 0.3) is 0 Å². The second kappa shape index (κ2) is 5.03. The van der Waals surface area contributed by atoms with Gasteiger partial charge in [0.15, 0.2) is 0 Å². The van der Waals surface area contributed by atoms with Gasteiger partial charge in [0, 0.05) is 5.56 Å². The maximum absolute atomic E-state index is 5.66. The van der Waals surface area contributed by atoms with Crippen LogP contribution in [0.3, 0.4) is 0 Å². The van der Waals surface area contributed by atoms with E-state index in [9.17, 15) is 0 Å². The molecule has 3 nitrogen and oxygen atoms in total. The van der Waals surface area contributed by atoms with Crippen LogP contribution in [0.2, 0.25) is 0 Å². The zero-order chi connectivity index (χ0) is 11.4. The molecule has 0 aliphatic rings. The lowest BCUT2D eigenvalue weighted by molar-refractivity contribution is 0.428. The second-order valence-electron chi connectivity index (χ2n) is 3.89. The third kappa shape index (κ3) is 2.36. The van der Waals surface area contributed by atoms with E-state index in [2.05, 4.69) is 12.2 Å². The van der Waals surface area contributed by atoms with E-state index in [4.69, 9.17) is 8.83 Å². The van der Waals surface area contributed by atoms with Crippen molar-refractivity contribution in [2.45, 2.75) is 26.3 Å². The van der Waals surface area contributed by atoms with Crippen molar-refractivity contribution in [3.8, 4) is 0 Å². The Labute approximate surface area is 95.5 Å². The summed E-state index contributed by atoms with van der Waals surface area (Å²) in [6.07, 6.45) is 4.53. The summed E-state index contributed by atoms with van der Waals surface area (Å²) in [7, 11) is 0. The summed E-state index contributed by atoms with van der Waals surface area (Å²) in [6.45, 7) is 5.05. The van der Waals surface area contributed by atoms with Gasteiger partial charge in [-0.15, -0.1) is 0 Å². The van der Waals surface area contributed by atoms with Crippen LogP contribution in [-0.2, 0) is 0 Å². The molecular formula is C13H17NO2. The molecule has 2 aromatic heterocycles. The predicted octanol–water partition coefficient (Wildman–Crippen LogP) is 3.27.